The molecule has 0 aliphatic carbocycles. The Morgan fingerprint density at radius 1 is 1.07 bits per heavy atom. The van der Waals surface area contributed by atoms with Crippen molar-refractivity contribution in [1.82, 2.24) is 9.62 Å². The first-order valence-electron chi connectivity index (χ1n) is 8.95. The number of sulfonamides is 1. The number of nitrogens with zero attached hydrogens (tertiary/aromatic N) is 1. The number of piperidine rings is 1. The molecule has 0 atom stereocenters. The van der Waals surface area contributed by atoms with Gasteiger partial charge in [0.15, 0.2) is 0 Å². The molecule has 1 saturated heterocycles. The summed E-state index contributed by atoms with van der Waals surface area (Å²) < 4.78 is 39.8. The maximum Gasteiger partial charge on any atom is 0.243 e. The van der Waals surface area contributed by atoms with Crippen LogP contribution in [0.3, 0.4) is 0 Å². The number of carbonyl (C=O) groups is 1. The van der Waals surface area contributed by atoms with Gasteiger partial charge in [0.1, 0.15) is 5.82 Å². The largest absolute Gasteiger partial charge is 0.353 e. The molecule has 144 valence electrons. The van der Waals surface area contributed by atoms with E-state index in [0.717, 1.165) is 11.1 Å². The van der Waals surface area contributed by atoms with E-state index in [1.54, 1.807) is 36.4 Å². The molecular formula is C20H23FN2O3S. The van der Waals surface area contributed by atoms with E-state index in [0.29, 0.717) is 30.8 Å². The predicted octanol–water partition coefficient (Wildman–Crippen LogP) is 2.65. The highest BCUT2D eigenvalue weighted by atomic mass is 32.2. The summed E-state index contributed by atoms with van der Waals surface area (Å²) in [6.45, 7) is 2.66. The number of rotatable bonds is 5. The van der Waals surface area contributed by atoms with Gasteiger partial charge in [0.05, 0.1) is 11.3 Å². The number of carbonyl (C=O) groups excluding carboxylic acids is 1. The summed E-state index contributed by atoms with van der Waals surface area (Å²) in [4.78, 5) is 12.5. The quantitative estimate of drug-likeness (QED) is 0.854. The molecule has 0 saturated carbocycles. The van der Waals surface area contributed by atoms with Gasteiger partial charge in [-0.1, -0.05) is 29.8 Å². The summed E-state index contributed by atoms with van der Waals surface area (Å²) in [7, 11) is -3.50. The van der Waals surface area contributed by atoms with Crippen LogP contribution in [0.5, 0.6) is 0 Å². The lowest BCUT2D eigenvalue weighted by Gasteiger charge is -2.31. The minimum absolute atomic E-state index is 0.0533. The standard InChI is InChI=1S/C20H23FN2O3S/c1-15-2-8-19(9-3-15)27(25,26)23-12-10-18(11-13-23)22-20(24)14-16-4-6-17(21)7-5-16/h2-9,18H,10-14H2,1H3,(H,22,24). The van der Waals surface area contributed by atoms with E-state index < -0.39 is 10.0 Å². The number of aryl methyl sites for hydroxylation is 1. The highest BCUT2D eigenvalue weighted by molar-refractivity contribution is 7.89. The third-order valence-electron chi connectivity index (χ3n) is 4.76. The number of nitrogens with one attached hydrogen (secondary N) is 1. The smallest absolute Gasteiger partial charge is 0.243 e. The SMILES string of the molecule is Cc1ccc(S(=O)(=O)N2CCC(NC(=O)Cc3ccc(F)cc3)CC2)cc1. The Kier molecular flexibility index (Phi) is 5.92. The Morgan fingerprint density at radius 2 is 1.67 bits per heavy atom. The molecule has 1 aliphatic heterocycles. The lowest BCUT2D eigenvalue weighted by atomic mass is 10.1. The van der Waals surface area contributed by atoms with Gasteiger partial charge in [-0.15, -0.1) is 0 Å². The molecule has 1 fully saturated rings. The average molecular weight is 390 g/mol. The van der Waals surface area contributed by atoms with E-state index in [2.05, 4.69) is 5.32 Å². The van der Waals surface area contributed by atoms with E-state index in [1.807, 2.05) is 6.92 Å². The van der Waals surface area contributed by atoms with Crippen molar-refractivity contribution < 1.29 is 17.6 Å². The molecule has 2 aromatic carbocycles. The van der Waals surface area contributed by atoms with E-state index in [1.165, 1.54) is 16.4 Å². The molecule has 1 N–H and O–H groups in total. The normalized spacial score (nSPS) is 16.2. The zero-order valence-corrected chi connectivity index (χ0v) is 16.0. The van der Waals surface area contributed by atoms with Crippen LogP contribution in [-0.4, -0.2) is 37.8 Å². The van der Waals surface area contributed by atoms with Crippen LogP contribution in [0, 0.1) is 12.7 Å². The first-order valence-corrected chi connectivity index (χ1v) is 10.4. The first kappa shape index (κ1) is 19.5. The van der Waals surface area contributed by atoms with Crippen molar-refractivity contribution in [2.45, 2.75) is 37.1 Å². The fourth-order valence-corrected chi connectivity index (χ4v) is 4.64. The van der Waals surface area contributed by atoms with E-state index in [9.17, 15) is 17.6 Å². The molecule has 1 amide bonds. The Labute approximate surface area is 159 Å². The second kappa shape index (κ2) is 8.19. The van der Waals surface area contributed by atoms with Crippen molar-refractivity contribution in [3.8, 4) is 0 Å². The summed E-state index contributed by atoms with van der Waals surface area (Å²) in [5, 5.41) is 2.95. The summed E-state index contributed by atoms with van der Waals surface area (Å²) in [5.74, 6) is -0.470. The fourth-order valence-electron chi connectivity index (χ4n) is 3.17. The van der Waals surface area contributed by atoms with Crippen LogP contribution in [0.2, 0.25) is 0 Å². The number of amides is 1. The van der Waals surface area contributed by atoms with Crippen molar-refractivity contribution >= 4 is 15.9 Å². The van der Waals surface area contributed by atoms with E-state index in [4.69, 9.17) is 0 Å². The highest BCUT2D eigenvalue weighted by Crippen LogP contribution is 2.21. The van der Waals surface area contributed by atoms with E-state index in [-0.39, 0.29) is 24.2 Å². The first-order chi connectivity index (χ1) is 12.8. The second-order valence-corrected chi connectivity index (χ2v) is 8.80. The van der Waals surface area contributed by atoms with Gasteiger partial charge in [-0.25, -0.2) is 12.8 Å². The van der Waals surface area contributed by atoms with Crippen LogP contribution in [0.15, 0.2) is 53.4 Å². The maximum absolute atomic E-state index is 12.9. The molecule has 0 bridgehead atoms. The molecule has 7 heteroatoms. The van der Waals surface area contributed by atoms with E-state index >= 15 is 0 Å². The van der Waals surface area contributed by atoms with Gasteiger partial charge in [0, 0.05) is 19.1 Å². The van der Waals surface area contributed by atoms with Gasteiger partial charge in [-0.05, 0) is 49.6 Å². The second-order valence-electron chi connectivity index (χ2n) is 6.86. The minimum atomic E-state index is -3.50. The Balaban J connectivity index is 1.53. The highest BCUT2D eigenvalue weighted by Gasteiger charge is 2.29. The Bertz CT molecular complexity index is 888. The lowest BCUT2D eigenvalue weighted by Crippen LogP contribution is -2.46. The summed E-state index contributed by atoms with van der Waals surface area (Å²) in [6.07, 6.45) is 1.32. The molecule has 27 heavy (non-hydrogen) atoms. The van der Waals surface area contributed by atoms with Crippen LogP contribution >= 0.6 is 0 Å². The van der Waals surface area contributed by atoms with Crippen LogP contribution in [0.4, 0.5) is 4.39 Å². The molecule has 5 nitrogen and oxygen atoms in total. The summed E-state index contributed by atoms with van der Waals surface area (Å²) >= 11 is 0. The third-order valence-corrected chi connectivity index (χ3v) is 6.67. The van der Waals surface area contributed by atoms with Gasteiger partial charge in [0.25, 0.3) is 0 Å². The maximum atomic E-state index is 12.9. The zero-order valence-electron chi connectivity index (χ0n) is 15.2. The topological polar surface area (TPSA) is 66.5 Å². The van der Waals surface area contributed by atoms with Crippen molar-refractivity contribution in [3.05, 3.63) is 65.5 Å². The van der Waals surface area contributed by atoms with Crippen LogP contribution in [0.1, 0.15) is 24.0 Å². The van der Waals surface area contributed by atoms with Crippen molar-refractivity contribution in [2.24, 2.45) is 0 Å². The monoisotopic (exact) mass is 390 g/mol. The zero-order chi connectivity index (χ0) is 19.4. The lowest BCUT2D eigenvalue weighted by molar-refractivity contribution is -0.121. The fraction of sp³-hybridized carbons (Fsp3) is 0.350. The van der Waals surface area contributed by atoms with Gasteiger partial charge in [-0.3, -0.25) is 4.79 Å². The van der Waals surface area contributed by atoms with Crippen molar-refractivity contribution in [3.63, 3.8) is 0 Å². The van der Waals surface area contributed by atoms with Crippen molar-refractivity contribution in [2.75, 3.05) is 13.1 Å². The number of hydrogen-bond donors (Lipinski definition) is 1. The van der Waals surface area contributed by atoms with Gasteiger partial charge in [-0.2, -0.15) is 4.31 Å². The van der Waals surface area contributed by atoms with Gasteiger partial charge >= 0.3 is 0 Å². The molecule has 1 aliphatic rings. The molecule has 0 aromatic heterocycles. The van der Waals surface area contributed by atoms with Crippen LogP contribution < -0.4 is 5.32 Å². The molecule has 1 heterocycles. The number of halogens is 1. The molecule has 2 aromatic rings. The van der Waals surface area contributed by atoms with Gasteiger partial charge in [0.2, 0.25) is 15.9 Å². The Hall–Kier alpha value is -2.25. The van der Waals surface area contributed by atoms with Crippen molar-refractivity contribution in [1.29, 1.82) is 0 Å². The number of hydrogen-bond acceptors (Lipinski definition) is 3. The van der Waals surface area contributed by atoms with Crippen LogP contribution in [-0.2, 0) is 21.2 Å². The third kappa shape index (κ3) is 4.93. The molecule has 0 spiro atoms. The molecular weight excluding hydrogens is 367 g/mol. The molecule has 0 radical (unpaired) electrons. The predicted molar refractivity (Wildman–Crippen MR) is 101 cm³/mol. The summed E-state index contributed by atoms with van der Waals surface area (Å²) in [6, 6.07) is 12.6. The molecule has 3 rings (SSSR count). The Morgan fingerprint density at radius 3 is 2.26 bits per heavy atom. The molecule has 0 unspecified atom stereocenters. The average Bonchev–Trinajstić information content (AvgIpc) is 2.64. The minimum Gasteiger partial charge on any atom is -0.353 e. The van der Waals surface area contributed by atoms with Crippen LogP contribution in [0.25, 0.3) is 0 Å². The number of benzene rings is 2. The van der Waals surface area contributed by atoms with Gasteiger partial charge < -0.3 is 5.32 Å². The summed E-state index contributed by atoms with van der Waals surface area (Å²) in [5.41, 5.74) is 1.75.